The van der Waals surface area contributed by atoms with E-state index in [1.165, 1.54) is 0 Å². The molecule has 2 aromatic rings. The van der Waals surface area contributed by atoms with Gasteiger partial charge in [-0.25, -0.2) is 0 Å². The van der Waals surface area contributed by atoms with Gasteiger partial charge >= 0.3 is 0 Å². The second kappa shape index (κ2) is 6.43. The van der Waals surface area contributed by atoms with E-state index >= 15 is 0 Å². The molecule has 2 N–H and O–H groups in total. The molecule has 0 aliphatic carbocycles. The van der Waals surface area contributed by atoms with E-state index in [9.17, 15) is 0 Å². The Bertz CT molecular complexity index is 627. The fourth-order valence-electron chi connectivity index (χ4n) is 2.26. The molecule has 1 aromatic heterocycles. The van der Waals surface area contributed by atoms with Crippen molar-refractivity contribution in [3.8, 4) is 11.5 Å². The fraction of sp³-hybridized carbons (Fsp3) is 0.375. The van der Waals surface area contributed by atoms with Gasteiger partial charge in [0.2, 0.25) is 0 Å². The lowest BCUT2D eigenvalue weighted by atomic mass is 9.97. The Labute approximate surface area is 125 Å². The van der Waals surface area contributed by atoms with Crippen LogP contribution in [-0.2, 0) is 6.42 Å². The molecule has 0 unspecified atom stereocenters. The van der Waals surface area contributed by atoms with E-state index in [-0.39, 0.29) is 0 Å². The van der Waals surface area contributed by atoms with E-state index in [2.05, 4.69) is 24.0 Å². The van der Waals surface area contributed by atoms with E-state index < -0.39 is 0 Å². The summed E-state index contributed by atoms with van der Waals surface area (Å²) < 4.78 is 10.6. The summed E-state index contributed by atoms with van der Waals surface area (Å²) in [6, 6.07) is 7.66. The Morgan fingerprint density at radius 3 is 2.48 bits per heavy atom. The molecule has 0 fully saturated rings. The van der Waals surface area contributed by atoms with Gasteiger partial charge in [0.15, 0.2) is 0 Å². The summed E-state index contributed by atoms with van der Waals surface area (Å²) in [4.78, 5) is 0. The van der Waals surface area contributed by atoms with Gasteiger partial charge in [0.1, 0.15) is 17.3 Å². The molecule has 2 rings (SSSR count). The maximum absolute atomic E-state index is 5.74. The highest BCUT2D eigenvalue weighted by Crippen LogP contribution is 2.28. The second-order valence-corrected chi connectivity index (χ2v) is 5.18. The lowest BCUT2D eigenvalue weighted by Gasteiger charge is -2.14. The molecule has 1 heterocycles. The molecular formula is C16H21N3O2. The minimum Gasteiger partial charge on any atom is -0.497 e. The highest BCUT2D eigenvalue weighted by Gasteiger charge is 2.13. The number of benzene rings is 1. The minimum absolute atomic E-state index is 0.335. The predicted molar refractivity (Wildman–Crippen MR) is 82.9 cm³/mol. The largest absolute Gasteiger partial charge is 0.497 e. The first-order valence-corrected chi connectivity index (χ1v) is 6.88. The third-order valence-corrected chi connectivity index (χ3v) is 3.40. The van der Waals surface area contributed by atoms with E-state index in [1.54, 1.807) is 14.2 Å². The zero-order valence-corrected chi connectivity index (χ0v) is 12.9. The summed E-state index contributed by atoms with van der Waals surface area (Å²) in [5.41, 5.74) is 8.81. The van der Waals surface area contributed by atoms with Gasteiger partial charge in [-0.3, -0.25) is 0 Å². The maximum Gasteiger partial charge on any atom is 0.146 e. The third-order valence-electron chi connectivity index (χ3n) is 3.40. The summed E-state index contributed by atoms with van der Waals surface area (Å²) in [5.74, 6) is 2.33. The summed E-state index contributed by atoms with van der Waals surface area (Å²) in [5, 5.41) is 8.22. The first-order chi connectivity index (χ1) is 10.0. The molecule has 0 aliphatic rings. The lowest BCUT2D eigenvalue weighted by molar-refractivity contribution is 0.391. The molecule has 1 aromatic carbocycles. The zero-order valence-electron chi connectivity index (χ0n) is 12.9. The fourth-order valence-corrected chi connectivity index (χ4v) is 2.26. The number of hydrogen-bond acceptors (Lipinski definition) is 5. The Morgan fingerprint density at radius 2 is 1.86 bits per heavy atom. The summed E-state index contributed by atoms with van der Waals surface area (Å²) in [6.07, 6.45) is 0.647. The van der Waals surface area contributed by atoms with Crippen molar-refractivity contribution in [3.05, 3.63) is 41.1 Å². The van der Waals surface area contributed by atoms with Crippen LogP contribution < -0.4 is 15.2 Å². The zero-order chi connectivity index (χ0) is 15.4. The summed E-state index contributed by atoms with van der Waals surface area (Å²) >= 11 is 0. The summed E-state index contributed by atoms with van der Waals surface area (Å²) in [7, 11) is 3.28. The molecule has 0 spiro atoms. The SMILES string of the molecule is COc1ccc(Cc2nnc(N)cc2C(C)C)c(OC)c1. The van der Waals surface area contributed by atoms with Crippen molar-refractivity contribution in [2.24, 2.45) is 0 Å². The topological polar surface area (TPSA) is 70.3 Å². The molecule has 0 amide bonds. The van der Waals surface area contributed by atoms with Crippen LogP contribution in [0.4, 0.5) is 5.82 Å². The number of aromatic nitrogens is 2. The molecule has 5 heteroatoms. The monoisotopic (exact) mass is 287 g/mol. The predicted octanol–water partition coefficient (Wildman–Crippen LogP) is 2.79. The number of nitrogen functional groups attached to an aromatic ring is 1. The number of ether oxygens (including phenoxy) is 2. The molecule has 0 bridgehead atoms. The van der Waals surface area contributed by atoms with Gasteiger partial charge in [-0.1, -0.05) is 19.9 Å². The van der Waals surface area contributed by atoms with Crippen LogP contribution in [0.1, 0.15) is 36.6 Å². The number of methoxy groups -OCH3 is 2. The van der Waals surface area contributed by atoms with Crippen LogP contribution in [-0.4, -0.2) is 24.4 Å². The van der Waals surface area contributed by atoms with Gasteiger partial charge in [0, 0.05) is 18.1 Å². The summed E-state index contributed by atoms with van der Waals surface area (Å²) in [6.45, 7) is 4.23. The highest BCUT2D eigenvalue weighted by molar-refractivity contribution is 5.44. The van der Waals surface area contributed by atoms with E-state index in [0.717, 1.165) is 28.3 Å². The molecule has 0 aliphatic heterocycles. The van der Waals surface area contributed by atoms with Crippen LogP contribution in [0.15, 0.2) is 24.3 Å². The lowest BCUT2D eigenvalue weighted by Crippen LogP contribution is -2.06. The smallest absolute Gasteiger partial charge is 0.146 e. The van der Waals surface area contributed by atoms with Crippen LogP contribution in [0.25, 0.3) is 0 Å². The van der Waals surface area contributed by atoms with Crippen molar-refractivity contribution in [1.29, 1.82) is 0 Å². The number of anilines is 1. The quantitative estimate of drug-likeness (QED) is 0.915. The van der Waals surface area contributed by atoms with Crippen LogP contribution in [0, 0.1) is 0 Å². The van der Waals surface area contributed by atoms with Crippen molar-refractivity contribution in [2.45, 2.75) is 26.2 Å². The first kappa shape index (κ1) is 15.1. The van der Waals surface area contributed by atoms with E-state index in [4.69, 9.17) is 15.2 Å². The Balaban J connectivity index is 2.38. The molecule has 0 saturated carbocycles. The molecule has 112 valence electrons. The number of nitrogens with zero attached hydrogens (tertiary/aromatic N) is 2. The van der Waals surface area contributed by atoms with Gasteiger partial charge in [-0.15, -0.1) is 5.10 Å². The van der Waals surface area contributed by atoms with E-state index in [0.29, 0.717) is 18.2 Å². The average molecular weight is 287 g/mol. The Morgan fingerprint density at radius 1 is 1.10 bits per heavy atom. The molecule has 0 saturated heterocycles. The standard InChI is InChI=1S/C16H21N3O2/c1-10(2)13-9-16(17)19-18-14(13)7-11-5-6-12(20-3)8-15(11)21-4/h5-6,8-10H,7H2,1-4H3,(H2,17,19). The first-order valence-electron chi connectivity index (χ1n) is 6.88. The second-order valence-electron chi connectivity index (χ2n) is 5.18. The Kier molecular flexibility index (Phi) is 4.62. The normalized spacial score (nSPS) is 10.7. The maximum atomic E-state index is 5.74. The van der Waals surface area contributed by atoms with E-state index in [1.807, 2.05) is 24.3 Å². The average Bonchev–Trinajstić information content (AvgIpc) is 2.49. The number of rotatable bonds is 5. The van der Waals surface area contributed by atoms with Crippen LogP contribution in [0.5, 0.6) is 11.5 Å². The number of nitrogens with two attached hydrogens (primary N) is 1. The van der Waals surface area contributed by atoms with Gasteiger partial charge < -0.3 is 15.2 Å². The number of hydrogen-bond donors (Lipinski definition) is 1. The van der Waals surface area contributed by atoms with Crippen molar-refractivity contribution >= 4 is 5.82 Å². The van der Waals surface area contributed by atoms with Crippen molar-refractivity contribution in [1.82, 2.24) is 10.2 Å². The highest BCUT2D eigenvalue weighted by atomic mass is 16.5. The van der Waals surface area contributed by atoms with Crippen molar-refractivity contribution in [2.75, 3.05) is 20.0 Å². The molecule has 5 nitrogen and oxygen atoms in total. The Hall–Kier alpha value is -2.30. The van der Waals surface area contributed by atoms with Gasteiger partial charge in [-0.05, 0) is 23.6 Å². The molecule has 21 heavy (non-hydrogen) atoms. The van der Waals surface area contributed by atoms with Crippen LogP contribution in [0.2, 0.25) is 0 Å². The van der Waals surface area contributed by atoms with Gasteiger partial charge in [-0.2, -0.15) is 5.10 Å². The minimum atomic E-state index is 0.335. The van der Waals surface area contributed by atoms with Gasteiger partial charge in [0.05, 0.1) is 19.9 Å². The van der Waals surface area contributed by atoms with Crippen molar-refractivity contribution in [3.63, 3.8) is 0 Å². The van der Waals surface area contributed by atoms with Gasteiger partial charge in [0.25, 0.3) is 0 Å². The molecule has 0 atom stereocenters. The van der Waals surface area contributed by atoms with Crippen LogP contribution in [0.3, 0.4) is 0 Å². The molecule has 0 radical (unpaired) electrons. The van der Waals surface area contributed by atoms with Crippen LogP contribution >= 0.6 is 0 Å². The van der Waals surface area contributed by atoms with Crippen molar-refractivity contribution < 1.29 is 9.47 Å². The molecular weight excluding hydrogens is 266 g/mol. The third kappa shape index (κ3) is 3.42.